The van der Waals surface area contributed by atoms with E-state index in [2.05, 4.69) is 9.97 Å². The number of nitrogens with zero attached hydrogens (tertiary/aromatic N) is 3. The molecule has 0 bridgehead atoms. The van der Waals surface area contributed by atoms with Gasteiger partial charge in [0.25, 0.3) is 5.56 Å². The predicted molar refractivity (Wildman–Crippen MR) is 130 cm³/mol. The van der Waals surface area contributed by atoms with Crippen LogP contribution < -0.4 is 16.0 Å². The molecule has 0 amide bonds. The second kappa shape index (κ2) is 12.3. The number of aromatic amines is 1. The molecule has 0 aliphatic heterocycles. The molecule has 1 aromatic carbocycles. The monoisotopic (exact) mass is 488 g/mol. The number of aryl methyl sites for hydroxylation is 2. The molecule has 0 aliphatic carbocycles. The Morgan fingerprint density at radius 3 is 2.54 bits per heavy atom. The second-order valence-electron chi connectivity index (χ2n) is 8.85. The van der Waals surface area contributed by atoms with Crippen molar-refractivity contribution in [3.63, 3.8) is 0 Å². The van der Waals surface area contributed by atoms with Gasteiger partial charge in [-0.25, -0.2) is 14.2 Å². The van der Waals surface area contributed by atoms with Crippen LogP contribution in [0.25, 0.3) is 11.2 Å². The van der Waals surface area contributed by atoms with Gasteiger partial charge < -0.3 is 14.0 Å². The van der Waals surface area contributed by atoms with Crippen molar-refractivity contribution in [2.45, 2.75) is 66.0 Å². The van der Waals surface area contributed by atoms with Crippen LogP contribution >= 0.6 is 0 Å². The molecule has 2 heterocycles. The fourth-order valence-electron chi connectivity index (χ4n) is 3.75. The minimum absolute atomic E-state index is 0.0946. The average molecular weight is 489 g/mol. The Balaban J connectivity index is 1.63. The van der Waals surface area contributed by atoms with E-state index in [9.17, 15) is 18.8 Å². The lowest BCUT2D eigenvalue weighted by Gasteiger charge is -2.11. The van der Waals surface area contributed by atoms with Gasteiger partial charge in [-0.2, -0.15) is 0 Å². The summed E-state index contributed by atoms with van der Waals surface area (Å²) in [6.07, 6.45) is 2.55. The summed E-state index contributed by atoms with van der Waals surface area (Å²) in [6.45, 7) is 7.61. The maximum Gasteiger partial charge on any atom is 0.330 e. The highest BCUT2D eigenvalue weighted by Crippen LogP contribution is 2.16. The highest BCUT2D eigenvalue weighted by Gasteiger charge is 2.20. The molecule has 10 heteroatoms. The molecule has 0 aliphatic rings. The lowest BCUT2D eigenvalue weighted by Crippen LogP contribution is -2.31. The van der Waals surface area contributed by atoms with Crippen LogP contribution in [-0.4, -0.2) is 38.3 Å². The van der Waals surface area contributed by atoms with Crippen molar-refractivity contribution in [2.75, 3.05) is 13.2 Å². The van der Waals surface area contributed by atoms with E-state index in [-0.39, 0.29) is 37.2 Å². The Morgan fingerprint density at radius 2 is 1.86 bits per heavy atom. The normalized spacial score (nSPS) is 11.3. The van der Waals surface area contributed by atoms with E-state index in [1.807, 2.05) is 25.3 Å². The first-order valence-corrected chi connectivity index (χ1v) is 12.1. The van der Waals surface area contributed by atoms with Crippen molar-refractivity contribution in [1.82, 2.24) is 19.1 Å². The molecule has 35 heavy (non-hydrogen) atoms. The maximum atomic E-state index is 12.9. The number of carbonyl (C=O) groups is 1. The van der Waals surface area contributed by atoms with Crippen molar-refractivity contribution in [1.29, 1.82) is 0 Å². The van der Waals surface area contributed by atoms with Gasteiger partial charge in [-0.15, -0.1) is 0 Å². The molecule has 0 radical (unpaired) electrons. The van der Waals surface area contributed by atoms with Crippen LogP contribution in [0.3, 0.4) is 0 Å². The van der Waals surface area contributed by atoms with E-state index in [0.29, 0.717) is 48.9 Å². The molecule has 190 valence electrons. The molecular weight excluding hydrogens is 455 g/mol. The molecule has 3 rings (SSSR count). The first-order valence-electron chi connectivity index (χ1n) is 12.1. The van der Waals surface area contributed by atoms with Crippen LogP contribution in [0.2, 0.25) is 0 Å². The number of imidazole rings is 1. The van der Waals surface area contributed by atoms with Crippen LogP contribution in [0.15, 0.2) is 33.9 Å². The van der Waals surface area contributed by atoms with Gasteiger partial charge in [0.2, 0.25) is 0 Å². The third-order valence-electron chi connectivity index (χ3n) is 5.43. The number of hydrogen-bond donors (Lipinski definition) is 1. The van der Waals surface area contributed by atoms with Gasteiger partial charge >= 0.3 is 11.7 Å². The summed E-state index contributed by atoms with van der Waals surface area (Å²) in [5, 5.41) is 0. The number of aromatic nitrogens is 4. The standard InChI is InChI=1S/C25H33FN4O5/c1-4-5-13-29-23-22(24(32)28-25(29)33)30(16-17(2)3)20(27-23)11-12-21(31)35-15-6-14-34-19-9-7-18(26)8-10-19/h7-10,17H,4-6,11-16H2,1-3H3,(H,28,32,33). The number of fused-ring (bicyclic) bond motifs is 1. The van der Waals surface area contributed by atoms with Crippen LogP contribution in [-0.2, 0) is 29.0 Å². The van der Waals surface area contributed by atoms with Crippen LogP contribution in [0.1, 0.15) is 52.3 Å². The van der Waals surface area contributed by atoms with Gasteiger partial charge in [0.15, 0.2) is 11.2 Å². The lowest BCUT2D eigenvalue weighted by molar-refractivity contribution is -0.143. The number of nitrogens with one attached hydrogen (secondary N) is 1. The Labute approximate surface area is 202 Å². The highest BCUT2D eigenvalue weighted by molar-refractivity contribution is 5.72. The molecule has 2 aromatic heterocycles. The SMILES string of the molecule is CCCCn1c(=O)[nH]c(=O)c2c1nc(CCC(=O)OCCCOc1ccc(F)cc1)n2CC(C)C. The number of ether oxygens (including phenoxy) is 2. The van der Waals surface area contributed by atoms with E-state index in [1.165, 1.54) is 28.8 Å². The van der Waals surface area contributed by atoms with Gasteiger partial charge in [-0.3, -0.25) is 19.1 Å². The summed E-state index contributed by atoms with van der Waals surface area (Å²) in [5.41, 5.74) is -0.232. The van der Waals surface area contributed by atoms with Crippen molar-refractivity contribution < 1.29 is 18.7 Å². The Kier molecular flexibility index (Phi) is 9.22. The minimum Gasteiger partial charge on any atom is -0.493 e. The zero-order chi connectivity index (χ0) is 25.4. The van der Waals surface area contributed by atoms with Gasteiger partial charge in [0.05, 0.1) is 19.6 Å². The summed E-state index contributed by atoms with van der Waals surface area (Å²) in [6, 6.07) is 5.72. The largest absolute Gasteiger partial charge is 0.493 e. The highest BCUT2D eigenvalue weighted by atomic mass is 19.1. The number of H-pyrrole nitrogens is 1. The quantitative estimate of drug-likeness (QED) is 0.292. The Hall–Kier alpha value is -3.43. The number of hydrogen-bond acceptors (Lipinski definition) is 6. The van der Waals surface area contributed by atoms with Crippen molar-refractivity contribution >= 4 is 17.1 Å². The number of rotatable bonds is 13. The fourth-order valence-corrected chi connectivity index (χ4v) is 3.75. The molecule has 0 atom stereocenters. The lowest BCUT2D eigenvalue weighted by atomic mass is 10.2. The maximum absolute atomic E-state index is 12.9. The van der Waals surface area contributed by atoms with Crippen molar-refractivity contribution in [2.24, 2.45) is 5.92 Å². The number of esters is 1. The van der Waals surface area contributed by atoms with E-state index in [4.69, 9.17) is 9.47 Å². The van der Waals surface area contributed by atoms with E-state index >= 15 is 0 Å². The molecule has 0 saturated heterocycles. The molecule has 0 unspecified atom stereocenters. The van der Waals surface area contributed by atoms with Crippen molar-refractivity contribution in [3.8, 4) is 5.75 Å². The molecule has 0 spiro atoms. The molecule has 0 saturated carbocycles. The van der Waals surface area contributed by atoms with Gasteiger partial charge in [0, 0.05) is 25.9 Å². The number of carbonyl (C=O) groups excluding carboxylic acids is 1. The minimum atomic E-state index is -0.473. The molecule has 3 aromatic rings. The topological polar surface area (TPSA) is 108 Å². The number of benzene rings is 1. The van der Waals surface area contributed by atoms with Gasteiger partial charge in [-0.05, 0) is 36.6 Å². The molecular formula is C25H33FN4O5. The zero-order valence-electron chi connectivity index (χ0n) is 20.5. The van der Waals surface area contributed by atoms with E-state index < -0.39 is 11.2 Å². The average Bonchev–Trinajstić information content (AvgIpc) is 3.16. The van der Waals surface area contributed by atoms with Crippen LogP contribution in [0, 0.1) is 11.7 Å². The van der Waals surface area contributed by atoms with Crippen LogP contribution in [0.4, 0.5) is 4.39 Å². The summed E-state index contributed by atoms with van der Waals surface area (Å²) in [5.74, 6) is 0.643. The first kappa shape index (κ1) is 26.2. The van der Waals surface area contributed by atoms with E-state index in [1.54, 1.807) is 0 Å². The third kappa shape index (κ3) is 7.03. The fraction of sp³-hybridized carbons (Fsp3) is 0.520. The second-order valence-corrected chi connectivity index (χ2v) is 8.85. The summed E-state index contributed by atoms with van der Waals surface area (Å²) in [7, 11) is 0. The summed E-state index contributed by atoms with van der Waals surface area (Å²) in [4.78, 5) is 44.4. The van der Waals surface area contributed by atoms with Gasteiger partial charge in [0.1, 0.15) is 17.4 Å². The smallest absolute Gasteiger partial charge is 0.330 e. The van der Waals surface area contributed by atoms with Crippen LogP contribution in [0.5, 0.6) is 5.75 Å². The summed E-state index contributed by atoms with van der Waals surface area (Å²) < 4.78 is 27.0. The number of halogens is 1. The van der Waals surface area contributed by atoms with Crippen molar-refractivity contribution in [3.05, 3.63) is 56.7 Å². The van der Waals surface area contributed by atoms with Gasteiger partial charge in [-0.1, -0.05) is 27.2 Å². The Bertz CT molecular complexity index is 1240. The zero-order valence-corrected chi connectivity index (χ0v) is 20.5. The molecule has 1 N–H and O–H groups in total. The number of unbranched alkanes of at least 4 members (excludes halogenated alkanes) is 1. The predicted octanol–water partition coefficient (Wildman–Crippen LogP) is 3.43. The third-order valence-corrected chi connectivity index (χ3v) is 5.43. The molecule has 0 fully saturated rings. The Morgan fingerprint density at radius 1 is 1.11 bits per heavy atom. The first-order chi connectivity index (χ1) is 16.8. The summed E-state index contributed by atoms with van der Waals surface area (Å²) >= 11 is 0. The van der Waals surface area contributed by atoms with E-state index in [0.717, 1.165) is 12.8 Å². The molecule has 9 nitrogen and oxygen atoms in total.